The Morgan fingerprint density at radius 3 is 2.75 bits per heavy atom. The van der Waals surface area contributed by atoms with Gasteiger partial charge in [0, 0.05) is 12.9 Å². The minimum atomic E-state index is 0.502. The van der Waals surface area contributed by atoms with Gasteiger partial charge in [0.1, 0.15) is 5.82 Å². The van der Waals surface area contributed by atoms with E-state index in [0.717, 1.165) is 0 Å². The molecule has 0 aliphatic heterocycles. The molecule has 0 radical (unpaired) electrons. The second-order valence-electron chi connectivity index (χ2n) is 1.10. The van der Waals surface area contributed by atoms with Crippen LogP contribution < -0.4 is 5.43 Å². The van der Waals surface area contributed by atoms with Crippen LogP contribution in [0.25, 0.3) is 0 Å². The third-order valence-electron chi connectivity index (χ3n) is 0.493. The number of nitrogens with one attached hydrogen (secondary N) is 1. The SMILES string of the molecule is C=NNC(=C)/N=C\C. The molecular weight excluding hydrogens is 102 g/mol. The molecule has 0 heterocycles. The van der Waals surface area contributed by atoms with Gasteiger partial charge < -0.3 is 0 Å². The second-order valence-corrected chi connectivity index (χ2v) is 1.10. The van der Waals surface area contributed by atoms with Crippen molar-refractivity contribution in [3.63, 3.8) is 0 Å². The van der Waals surface area contributed by atoms with Crippen molar-refractivity contribution in [2.24, 2.45) is 10.1 Å². The van der Waals surface area contributed by atoms with Gasteiger partial charge in [-0.05, 0) is 6.92 Å². The van der Waals surface area contributed by atoms with Gasteiger partial charge in [-0.1, -0.05) is 6.58 Å². The highest BCUT2D eigenvalue weighted by Gasteiger charge is 1.76. The molecule has 44 valence electrons. The van der Waals surface area contributed by atoms with E-state index < -0.39 is 0 Å². The van der Waals surface area contributed by atoms with Gasteiger partial charge in [-0.3, -0.25) is 5.43 Å². The molecule has 0 aliphatic carbocycles. The van der Waals surface area contributed by atoms with E-state index in [-0.39, 0.29) is 0 Å². The van der Waals surface area contributed by atoms with Crippen LogP contribution in [-0.4, -0.2) is 12.9 Å². The van der Waals surface area contributed by atoms with Crippen LogP contribution in [-0.2, 0) is 0 Å². The van der Waals surface area contributed by atoms with Crippen LogP contribution in [0.15, 0.2) is 22.5 Å². The van der Waals surface area contributed by atoms with Crippen molar-refractivity contribution >= 4 is 12.9 Å². The Morgan fingerprint density at radius 1 is 1.75 bits per heavy atom. The summed E-state index contributed by atoms with van der Waals surface area (Å²) in [7, 11) is 0. The lowest BCUT2D eigenvalue weighted by Crippen LogP contribution is -1.99. The molecule has 0 amide bonds. The first-order chi connectivity index (χ1) is 3.81. The van der Waals surface area contributed by atoms with Crippen molar-refractivity contribution in [3.8, 4) is 0 Å². The van der Waals surface area contributed by atoms with Gasteiger partial charge in [0.05, 0.1) is 0 Å². The highest BCUT2D eigenvalue weighted by atomic mass is 15.3. The predicted octanol–water partition coefficient (Wildman–Crippen LogP) is 0.754. The van der Waals surface area contributed by atoms with Crippen molar-refractivity contribution in [1.82, 2.24) is 5.43 Å². The van der Waals surface area contributed by atoms with E-state index in [1.165, 1.54) is 0 Å². The maximum absolute atomic E-state index is 3.75. The Labute approximate surface area is 48.8 Å². The fourth-order valence-corrected chi connectivity index (χ4v) is 0.276. The first kappa shape index (κ1) is 6.88. The van der Waals surface area contributed by atoms with E-state index in [0.29, 0.717) is 5.82 Å². The minimum Gasteiger partial charge on any atom is -0.262 e. The smallest absolute Gasteiger partial charge is 0.138 e. The molecule has 0 saturated heterocycles. The predicted molar refractivity (Wildman–Crippen MR) is 36.0 cm³/mol. The lowest BCUT2D eigenvalue weighted by Gasteiger charge is -1.92. The average Bonchev–Trinajstić information content (AvgIpc) is 1.68. The summed E-state index contributed by atoms with van der Waals surface area (Å²) in [6.45, 7) is 8.48. The van der Waals surface area contributed by atoms with Gasteiger partial charge >= 0.3 is 0 Å². The Balaban J connectivity index is 3.48. The van der Waals surface area contributed by atoms with Crippen LogP contribution >= 0.6 is 0 Å². The molecule has 0 atom stereocenters. The first-order valence-corrected chi connectivity index (χ1v) is 2.20. The number of nitrogens with zero attached hydrogens (tertiary/aromatic N) is 2. The Kier molecular flexibility index (Phi) is 3.48. The molecule has 0 bridgehead atoms. The van der Waals surface area contributed by atoms with E-state index >= 15 is 0 Å². The van der Waals surface area contributed by atoms with E-state index in [1.807, 2.05) is 0 Å². The lowest BCUT2D eigenvalue weighted by atomic mass is 10.8. The van der Waals surface area contributed by atoms with E-state index in [1.54, 1.807) is 13.1 Å². The van der Waals surface area contributed by atoms with Gasteiger partial charge in [0.15, 0.2) is 0 Å². The van der Waals surface area contributed by atoms with Crippen molar-refractivity contribution in [2.45, 2.75) is 6.92 Å². The van der Waals surface area contributed by atoms with Crippen molar-refractivity contribution in [2.75, 3.05) is 0 Å². The first-order valence-electron chi connectivity index (χ1n) is 2.20. The average molecular weight is 111 g/mol. The monoisotopic (exact) mass is 111 g/mol. The molecule has 0 saturated carbocycles. The normalized spacial score (nSPS) is 9.12. The van der Waals surface area contributed by atoms with Crippen molar-refractivity contribution < 1.29 is 0 Å². The zero-order valence-corrected chi connectivity index (χ0v) is 4.89. The van der Waals surface area contributed by atoms with E-state index in [9.17, 15) is 0 Å². The Morgan fingerprint density at radius 2 is 2.38 bits per heavy atom. The summed E-state index contributed by atoms with van der Waals surface area (Å²) in [5.74, 6) is 0.502. The molecule has 0 unspecified atom stereocenters. The molecule has 3 nitrogen and oxygen atoms in total. The number of hydrogen-bond donors (Lipinski definition) is 1. The van der Waals surface area contributed by atoms with Gasteiger partial charge in [0.25, 0.3) is 0 Å². The quantitative estimate of drug-likeness (QED) is 0.423. The molecule has 0 aliphatic rings. The second kappa shape index (κ2) is 4.05. The third-order valence-corrected chi connectivity index (χ3v) is 0.493. The fourth-order valence-electron chi connectivity index (χ4n) is 0.276. The van der Waals surface area contributed by atoms with Crippen molar-refractivity contribution in [1.29, 1.82) is 0 Å². The van der Waals surface area contributed by atoms with Crippen LogP contribution in [0.2, 0.25) is 0 Å². The summed E-state index contributed by atoms with van der Waals surface area (Å²) in [6.07, 6.45) is 1.63. The number of hydrazone groups is 1. The molecule has 0 aromatic carbocycles. The zero-order valence-electron chi connectivity index (χ0n) is 4.89. The topological polar surface area (TPSA) is 36.8 Å². The van der Waals surface area contributed by atoms with Crippen LogP contribution in [0.3, 0.4) is 0 Å². The molecule has 0 aromatic rings. The molecular formula is C5H9N3. The Bertz CT molecular complexity index is 115. The zero-order chi connectivity index (χ0) is 6.41. The maximum Gasteiger partial charge on any atom is 0.138 e. The minimum absolute atomic E-state index is 0.502. The third kappa shape index (κ3) is 3.08. The van der Waals surface area contributed by atoms with Gasteiger partial charge in [0.2, 0.25) is 0 Å². The summed E-state index contributed by atoms with van der Waals surface area (Å²) in [5.41, 5.74) is 2.47. The van der Waals surface area contributed by atoms with Crippen LogP contribution in [0, 0.1) is 0 Å². The van der Waals surface area contributed by atoms with Crippen molar-refractivity contribution in [3.05, 3.63) is 12.4 Å². The van der Waals surface area contributed by atoms with Gasteiger partial charge in [-0.15, -0.1) is 0 Å². The molecule has 0 rings (SSSR count). The lowest BCUT2D eigenvalue weighted by molar-refractivity contribution is 0.888. The van der Waals surface area contributed by atoms with E-state index in [2.05, 4.69) is 28.8 Å². The van der Waals surface area contributed by atoms with Crippen LogP contribution in [0.5, 0.6) is 0 Å². The summed E-state index contributed by atoms with van der Waals surface area (Å²) in [4.78, 5) is 3.75. The highest BCUT2D eigenvalue weighted by molar-refractivity contribution is 5.54. The fraction of sp³-hybridized carbons (Fsp3) is 0.200. The van der Waals surface area contributed by atoms with Crippen LogP contribution in [0.1, 0.15) is 6.92 Å². The summed E-state index contributed by atoms with van der Waals surface area (Å²) < 4.78 is 0. The van der Waals surface area contributed by atoms with Crippen LogP contribution in [0.4, 0.5) is 0 Å². The summed E-state index contributed by atoms with van der Waals surface area (Å²) >= 11 is 0. The maximum atomic E-state index is 3.75. The summed E-state index contributed by atoms with van der Waals surface area (Å²) in [6, 6.07) is 0. The molecule has 0 fully saturated rings. The number of aliphatic imine (C=N–C) groups is 1. The highest BCUT2D eigenvalue weighted by Crippen LogP contribution is 1.80. The number of rotatable bonds is 3. The molecule has 0 spiro atoms. The summed E-state index contributed by atoms with van der Waals surface area (Å²) in [5, 5.41) is 3.34. The van der Waals surface area contributed by atoms with Gasteiger partial charge in [-0.2, -0.15) is 5.10 Å². The molecule has 1 N–H and O–H groups in total. The molecule has 0 aromatic heterocycles. The number of hydrogen-bond acceptors (Lipinski definition) is 3. The largest absolute Gasteiger partial charge is 0.262 e. The van der Waals surface area contributed by atoms with E-state index in [4.69, 9.17) is 0 Å². The van der Waals surface area contributed by atoms with Gasteiger partial charge in [-0.25, -0.2) is 4.99 Å². The molecule has 8 heavy (non-hydrogen) atoms. The Hall–Kier alpha value is -1.12. The standard InChI is InChI=1S/C5H9N3/c1-4-7-5(2)8-6-3/h4,8H,2-3H2,1H3/b7-4-. The molecule has 3 heteroatoms.